The lowest BCUT2D eigenvalue weighted by atomic mass is 10.1. The Morgan fingerprint density at radius 2 is 2.47 bits per heavy atom. The van der Waals surface area contributed by atoms with Gasteiger partial charge in [0.15, 0.2) is 5.13 Å². The van der Waals surface area contributed by atoms with Crippen LogP contribution in [0.4, 0.5) is 5.13 Å². The molecule has 2 N–H and O–H groups in total. The van der Waals surface area contributed by atoms with Crippen molar-refractivity contribution in [3.8, 4) is 0 Å². The molecule has 1 aliphatic rings. The van der Waals surface area contributed by atoms with Crippen LogP contribution in [0.3, 0.4) is 0 Å². The average molecular weight is 276 g/mol. The van der Waals surface area contributed by atoms with E-state index in [2.05, 4.69) is 20.3 Å². The molecule has 0 spiro atoms. The minimum atomic E-state index is -0.786. The third-order valence-electron chi connectivity index (χ3n) is 3.08. The van der Waals surface area contributed by atoms with Crippen molar-refractivity contribution in [2.45, 2.75) is 25.3 Å². The van der Waals surface area contributed by atoms with Crippen molar-refractivity contribution in [3.63, 3.8) is 0 Å². The first-order valence-corrected chi connectivity index (χ1v) is 6.77. The van der Waals surface area contributed by atoms with Gasteiger partial charge in [-0.2, -0.15) is 0 Å². The maximum Gasteiger partial charge on any atom is 0.312 e. The second-order valence-electron chi connectivity index (χ2n) is 4.31. The minimum absolute atomic E-state index is 0.444. The van der Waals surface area contributed by atoms with Gasteiger partial charge in [0, 0.05) is 11.1 Å². The van der Waals surface area contributed by atoms with Crippen LogP contribution in [-0.4, -0.2) is 26.0 Å². The lowest BCUT2D eigenvalue weighted by Gasteiger charge is -2.03. The van der Waals surface area contributed by atoms with Crippen LogP contribution in [0, 0.1) is 0 Å². The lowest BCUT2D eigenvalue weighted by molar-refractivity contribution is -0.138. The molecule has 0 aromatic carbocycles. The van der Waals surface area contributed by atoms with Crippen LogP contribution in [0.2, 0.25) is 0 Å². The number of hydrogen-bond donors (Lipinski definition) is 2. The van der Waals surface area contributed by atoms with Crippen molar-refractivity contribution in [1.82, 2.24) is 15.0 Å². The molecule has 1 unspecified atom stereocenters. The second kappa shape index (κ2) is 4.93. The molecule has 0 amide bonds. The quantitative estimate of drug-likeness (QED) is 0.883. The highest BCUT2D eigenvalue weighted by Crippen LogP contribution is 2.38. The summed E-state index contributed by atoms with van der Waals surface area (Å²) in [5, 5.41) is 13.0. The van der Waals surface area contributed by atoms with E-state index in [4.69, 9.17) is 5.11 Å². The maximum absolute atomic E-state index is 11.1. The highest BCUT2D eigenvalue weighted by atomic mass is 32.1. The average Bonchev–Trinajstić information content (AvgIpc) is 2.96. The summed E-state index contributed by atoms with van der Waals surface area (Å²) in [7, 11) is 0. The van der Waals surface area contributed by atoms with Gasteiger partial charge >= 0.3 is 5.97 Å². The van der Waals surface area contributed by atoms with Crippen molar-refractivity contribution >= 4 is 22.4 Å². The van der Waals surface area contributed by atoms with Gasteiger partial charge in [-0.3, -0.25) is 4.79 Å². The fourth-order valence-electron chi connectivity index (χ4n) is 2.13. The smallest absolute Gasteiger partial charge is 0.312 e. The van der Waals surface area contributed by atoms with E-state index in [1.54, 1.807) is 6.20 Å². The molecule has 0 saturated heterocycles. The van der Waals surface area contributed by atoms with Crippen LogP contribution in [-0.2, 0) is 17.8 Å². The number of carboxylic acids is 1. The third-order valence-corrected chi connectivity index (χ3v) is 4.17. The van der Waals surface area contributed by atoms with E-state index in [1.807, 2.05) is 6.07 Å². The summed E-state index contributed by atoms with van der Waals surface area (Å²) in [6, 6.07) is 1.83. The number of rotatable bonds is 4. The number of carbonyl (C=O) groups is 1. The van der Waals surface area contributed by atoms with Gasteiger partial charge in [-0.15, -0.1) is 11.3 Å². The van der Waals surface area contributed by atoms with Gasteiger partial charge in [-0.1, -0.05) is 0 Å². The Hall–Kier alpha value is -2.02. The number of carboxylic acid groups (broad SMARTS) is 1. The minimum Gasteiger partial charge on any atom is -0.481 e. The Kier molecular flexibility index (Phi) is 3.12. The summed E-state index contributed by atoms with van der Waals surface area (Å²) in [6.07, 6.45) is 4.65. The van der Waals surface area contributed by atoms with Crippen LogP contribution in [0.5, 0.6) is 0 Å². The van der Waals surface area contributed by atoms with Crippen LogP contribution in [0.15, 0.2) is 18.6 Å². The first-order valence-electron chi connectivity index (χ1n) is 5.95. The van der Waals surface area contributed by atoms with Crippen molar-refractivity contribution in [2.24, 2.45) is 0 Å². The number of hydrogen-bond acceptors (Lipinski definition) is 6. The lowest BCUT2D eigenvalue weighted by Crippen LogP contribution is -2.09. The molecule has 3 rings (SSSR count). The molecule has 1 aliphatic carbocycles. The number of aliphatic carboxylic acids is 1. The molecule has 7 heteroatoms. The SMILES string of the molecule is O=C(O)C1CCc2sc(NCc3ccncn3)nc21. The molecule has 2 aromatic heterocycles. The third kappa shape index (κ3) is 2.41. The molecule has 0 saturated carbocycles. The molecule has 0 bridgehead atoms. The Morgan fingerprint density at radius 1 is 1.58 bits per heavy atom. The highest BCUT2D eigenvalue weighted by Gasteiger charge is 2.32. The first-order chi connectivity index (χ1) is 9.24. The number of aryl methyl sites for hydroxylation is 1. The van der Waals surface area contributed by atoms with Gasteiger partial charge in [0.05, 0.1) is 17.9 Å². The monoisotopic (exact) mass is 276 g/mol. The predicted molar refractivity (Wildman–Crippen MR) is 70.2 cm³/mol. The molecule has 2 aromatic rings. The zero-order valence-corrected chi connectivity index (χ0v) is 10.9. The summed E-state index contributed by atoms with van der Waals surface area (Å²) in [6.45, 7) is 0.562. The topological polar surface area (TPSA) is 88.0 Å². The van der Waals surface area contributed by atoms with E-state index in [0.29, 0.717) is 13.0 Å². The zero-order valence-electron chi connectivity index (χ0n) is 10.0. The van der Waals surface area contributed by atoms with Crippen molar-refractivity contribution < 1.29 is 9.90 Å². The van der Waals surface area contributed by atoms with Crippen LogP contribution < -0.4 is 5.32 Å². The maximum atomic E-state index is 11.1. The number of fused-ring (bicyclic) bond motifs is 1. The molecular formula is C12H12N4O2S. The van der Waals surface area contributed by atoms with Crippen molar-refractivity contribution in [2.75, 3.05) is 5.32 Å². The summed E-state index contributed by atoms with van der Waals surface area (Å²) in [5.74, 6) is -1.23. The number of aromatic nitrogens is 3. The summed E-state index contributed by atoms with van der Waals surface area (Å²) >= 11 is 1.53. The molecule has 98 valence electrons. The Balaban J connectivity index is 1.71. The Bertz CT molecular complexity index is 599. The molecule has 6 nitrogen and oxygen atoms in total. The number of nitrogens with one attached hydrogen (secondary N) is 1. The molecule has 0 fully saturated rings. The number of thiazole rings is 1. The van der Waals surface area contributed by atoms with Gasteiger partial charge in [0.2, 0.25) is 0 Å². The molecular weight excluding hydrogens is 264 g/mol. The van der Waals surface area contributed by atoms with E-state index < -0.39 is 11.9 Å². The van der Waals surface area contributed by atoms with Gasteiger partial charge in [0.1, 0.15) is 12.2 Å². The number of nitrogens with zero attached hydrogens (tertiary/aromatic N) is 3. The van der Waals surface area contributed by atoms with Gasteiger partial charge in [-0.05, 0) is 18.9 Å². The fraction of sp³-hybridized carbons (Fsp3) is 0.333. The summed E-state index contributed by atoms with van der Waals surface area (Å²) < 4.78 is 0. The predicted octanol–water partition coefficient (Wildman–Crippen LogP) is 1.66. The largest absolute Gasteiger partial charge is 0.481 e. The van der Waals surface area contributed by atoms with Crippen LogP contribution in [0.1, 0.15) is 28.6 Å². The van der Waals surface area contributed by atoms with E-state index in [1.165, 1.54) is 17.7 Å². The Labute approximate surface area is 113 Å². The standard InChI is InChI=1S/C12H12N4O2S/c17-11(18)8-1-2-9-10(8)16-12(19-9)14-5-7-3-4-13-6-15-7/h3-4,6,8H,1-2,5H2,(H,14,16)(H,17,18). The van der Waals surface area contributed by atoms with Crippen LogP contribution >= 0.6 is 11.3 Å². The second-order valence-corrected chi connectivity index (χ2v) is 5.39. The zero-order chi connectivity index (χ0) is 13.2. The first kappa shape index (κ1) is 12.0. The molecule has 0 aliphatic heterocycles. The van der Waals surface area contributed by atoms with E-state index in [0.717, 1.165) is 27.8 Å². The van der Waals surface area contributed by atoms with Gasteiger partial charge in [-0.25, -0.2) is 15.0 Å². The van der Waals surface area contributed by atoms with Crippen molar-refractivity contribution in [3.05, 3.63) is 34.9 Å². The molecule has 19 heavy (non-hydrogen) atoms. The van der Waals surface area contributed by atoms with Crippen molar-refractivity contribution in [1.29, 1.82) is 0 Å². The van der Waals surface area contributed by atoms with Gasteiger partial charge < -0.3 is 10.4 Å². The highest BCUT2D eigenvalue weighted by molar-refractivity contribution is 7.15. The summed E-state index contributed by atoms with van der Waals surface area (Å²) in [4.78, 5) is 24.5. The Morgan fingerprint density at radius 3 is 3.21 bits per heavy atom. The normalized spacial score (nSPS) is 17.2. The van der Waals surface area contributed by atoms with Crippen LogP contribution in [0.25, 0.3) is 0 Å². The van der Waals surface area contributed by atoms with E-state index in [9.17, 15) is 4.79 Å². The fourth-order valence-corrected chi connectivity index (χ4v) is 3.17. The van der Waals surface area contributed by atoms with E-state index >= 15 is 0 Å². The summed E-state index contributed by atoms with van der Waals surface area (Å²) in [5.41, 5.74) is 1.60. The van der Waals surface area contributed by atoms with E-state index in [-0.39, 0.29) is 0 Å². The molecule has 2 heterocycles. The molecule has 1 atom stereocenters. The number of anilines is 1. The van der Waals surface area contributed by atoms with Gasteiger partial charge in [0.25, 0.3) is 0 Å². The molecule has 0 radical (unpaired) electrons.